The van der Waals surface area contributed by atoms with E-state index in [-0.39, 0.29) is 5.41 Å². The van der Waals surface area contributed by atoms with Gasteiger partial charge >= 0.3 is 0 Å². The lowest BCUT2D eigenvalue weighted by molar-refractivity contribution is 0.0988. The summed E-state index contributed by atoms with van der Waals surface area (Å²) in [4.78, 5) is 0. The van der Waals surface area contributed by atoms with Crippen molar-refractivity contribution in [3.05, 3.63) is 23.8 Å². The number of hydrogen-bond donors (Lipinski definition) is 0. The Morgan fingerprint density at radius 1 is 1.00 bits per heavy atom. The minimum absolute atomic E-state index is 0.276. The summed E-state index contributed by atoms with van der Waals surface area (Å²) >= 11 is 0. The van der Waals surface area contributed by atoms with E-state index in [0.717, 1.165) is 23.7 Å². The SMILES string of the molecule is CC(C)[Si](O[C@H]1C2=C[C@@H]3C=C[C@H]4[C@H]5C[C@@H]3[C@]2(CC1(C)C)[C@H]45)(C(C)C)C(C)C. The van der Waals surface area contributed by atoms with Gasteiger partial charge in [0.25, 0.3) is 0 Å². The molecule has 6 aliphatic rings. The third-order valence-electron chi connectivity index (χ3n) is 9.71. The van der Waals surface area contributed by atoms with Gasteiger partial charge in [0, 0.05) is 5.41 Å². The first kappa shape index (κ1) is 18.7. The maximum Gasteiger partial charge on any atom is 0.201 e. The quantitative estimate of drug-likeness (QED) is 0.367. The van der Waals surface area contributed by atoms with Crippen molar-refractivity contribution in [3.8, 4) is 0 Å². The fourth-order valence-electron chi connectivity index (χ4n) is 9.06. The fourth-order valence-corrected chi connectivity index (χ4v) is 14.7. The summed E-state index contributed by atoms with van der Waals surface area (Å²) in [6, 6.07) is 0. The zero-order valence-electron chi connectivity index (χ0n) is 18.8. The molecule has 150 valence electrons. The third-order valence-corrected chi connectivity index (χ3v) is 15.8. The third kappa shape index (κ3) is 2.05. The minimum atomic E-state index is -1.88. The largest absolute Gasteiger partial charge is 0.409 e. The average Bonchev–Trinajstić information content (AvgIpc) is 3.02. The minimum Gasteiger partial charge on any atom is -0.409 e. The van der Waals surface area contributed by atoms with Crippen LogP contribution in [0.3, 0.4) is 0 Å². The highest BCUT2D eigenvalue weighted by molar-refractivity contribution is 6.77. The first-order valence-electron chi connectivity index (χ1n) is 11.7. The molecule has 6 bridgehead atoms. The molecule has 0 heterocycles. The van der Waals surface area contributed by atoms with Crippen LogP contribution in [0, 0.1) is 40.4 Å². The molecule has 0 unspecified atom stereocenters. The van der Waals surface area contributed by atoms with Gasteiger partial charge in [0.15, 0.2) is 0 Å². The summed E-state index contributed by atoms with van der Waals surface area (Å²) in [5.74, 6) is 4.43. The molecule has 6 aliphatic carbocycles. The molecule has 0 aromatic heterocycles. The Morgan fingerprint density at radius 2 is 1.63 bits per heavy atom. The summed E-state index contributed by atoms with van der Waals surface area (Å²) in [6.07, 6.45) is 11.1. The maximum atomic E-state index is 7.54. The zero-order valence-corrected chi connectivity index (χ0v) is 19.8. The molecular formula is C25H40OSi. The summed E-state index contributed by atoms with van der Waals surface area (Å²) in [7, 11) is -1.88. The van der Waals surface area contributed by atoms with E-state index in [9.17, 15) is 0 Å². The smallest absolute Gasteiger partial charge is 0.201 e. The van der Waals surface area contributed by atoms with Crippen molar-refractivity contribution < 1.29 is 4.43 Å². The normalized spacial score (nSPS) is 45.7. The molecule has 0 saturated heterocycles. The molecule has 0 aromatic rings. The fraction of sp³-hybridized carbons (Fsp3) is 0.840. The van der Waals surface area contributed by atoms with E-state index < -0.39 is 8.32 Å². The molecule has 0 aliphatic heterocycles. The van der Waals surface area contributed by atoms with Crippen LogP contribution in [-0.4, -0.2) is 14.4 Å². The van der Waals surface area contributed by atoms with Crippen molar-refractivity contribution in [2.45, 2.75) is 91.0 Å². The summed E-state index contributed by atoms with van der Waals surface area (Å²) in [6.45, 7) is 19.7. The van der Waals surface area contributed by atoms with Gasteiger partial charge in [0.05, 0.1) is 6.10 Å². The van der Waals surface area contributed by atoms with Gasteiger partial charge in [0.2, 0.25) is 8.32 Å². The van der Waals surface area contributed by atoms with Crippen molar-refractivity contribution in [1.82, 2.24) is 0 Å². The summed E-state index contributed by atoms with van der Waals surface area (Å²) in [5.41, 5.74) is 4.52. The monoisotopic (exact) mass is 384 g/mol. The van der Waals surface area contributed by atoms with Gasteiger partial charge in [-0.15, -0.1) is 0 Å². The van der Waals surface area contributed by atoms with Crippen LogP contribution in [0.4, 0.5) is 0 Å². The van der Waals surface area contributed by atoms with Gasteiger partial charge in [-0.05, 0) is 70.0 Å². The van der Waals surface area contributed by atoms with Crippen LogP contribution in [0.25, 0.3) is 0 Å². The Kier molecular flexibility index (Phi) is 3.75. The Morgan fingerprint density at radius 3 is 2.22 bits per heavy atom. The van der Waals surface area contributed by atoms with Crippen LogP contribution in [0.5, 0.6) is 0 Å². The van der Waals surface area contributed by atoms with Gasteiger partial charge in [-0.1, -0.05) is 73.6 Å². The van der Waals surface area contributed by atoms with E-state index in [4.69, 9.17) is 4.43 Å². The van der Waals surface area contributed by atoms with Crippen molar-refractivity contribution in [2.24, 2.45) is 40.4 Å². The van der Waals surface area contributed by atoms with E-state index in [2.05, 4.69) is 73.6 Å². The molecule has 3 fully saturated rings. The Balaban J connectivity index is 1.58. The van der Waals surface area contributed by atoms with Crippen LogP contribution < -0.4 is 0 Å². The number of rotatable bonds is 5. The highest BCUT2D eigenvalue weighted by atomic mass is 28.4. The highest BCUT2D eigenvalue weighted by Gasteiger charge is 2.77. The van der Waals surface area contributed by atoms with Crippen LogP contribution >= 0.6 is 0 Å². The van der Waals surface area contributed by atoms with E-state index in [0.29, 0.717) is 34.1 Å². The first-order valence-corrected chi connectivity index (χ1v) is 13.8. The van der Waals surface area contributed by atoms with Crippen LogP contribution in [-0.2, 0) is 4.43 Å². The van der Waals surface area contributed by atoms with Gasteiger partial charge in [-0.25, -0.2) is 0 Å². The Hall–Kier alpha value is -0.343. The van der Waals surface area contributed by atoms with Crippen molar-refractivity contribution in [1.29, 1.82) is 0 Å². The van der Waals surface area contributed by atoms with E-state index in [1.54, 1.807) is 5.57 Å². The second-order valence-electron chi connectivity index (χ2n) is 12.2. The molecule has 0 N–H and O–H groups in total. The summed E-state index contributed by atoms with van der Waals surface area (Å²) in [5, 5.41) is 0. The molecule has 1 nitrogen and oxygen atoms in total. The molecular weight excluding hydrogens is 344 g/mol. The highest BCUT2D eigenvalue weighted by Crippen LogP contribution is 2.82. The predicted octanol–water partition coefficient (Wildman–Crippen LogP) is 6.97. The summed E-state index contributed by atoms with van der Waals surface area (Å²) < 4.78 is 7.54. The van der Waals surface area contributed by atoms with Crippen LogP contribution in [0.2, 0.25) is 16.6 Å². The van der Waals surface area contributed by atoms with Crippen molar-refractivity contribution in [2.75, 3.05) is 0 Å². The lowest BCUT2D eigenvalue weighted by atomic mass is 9.69. The molecule has 27 heavy (non-hydrogen) atoms. The second-order valence-corrected chi connectivity index (χ2v) is 17.6. The molecule has 2 heteroatoms. The van der Waals surface area contributed by atoms with E-state index >= 15 is 0 Å². The molecule has 6 rings (SSSR count). The van der Waals surface area contributed by atoms with E-state index in [1.807, 2.05) is 0 Å². The van der Waals surface area contributed by atoms with Crippen LogP contribution in [0.15, 0.2) is 23.8 Å². The molecule has 7 atom stereocenters. The maximum absolute atomic E-state index is 7.54. The van der Waals surface area contributed by atoms with Gasteiger partial charge < -0.3 is 4.43 Å². The topological polar surface area (TPSA) is 9.23 Å². The lowest BCUT2D eigenvalue weighted by Crippen LogP contribution is -2.52. The standard InChI is InChI=1S/C25H40OSi/c1-14(2)27(15(3)4,16(5)6)26-23-21-11-17-9-10-18-19-12-20(17)25(21,22(18)19)13-24(23,7)8/h9-11,14-20,22-23H,12-13H2,1-8H3/t17-,18-,19+,20-,22+,23-,25-/m0/s1. The van der Waals surface area contributed by atoms with E-state index in [1.165, 1.54) is 12.8 Å². The molecule has 1 spiro atoms. The molecule has 0 aromatic carbocycles. The van der Waals surface area contributed by atoms with Crippen molar-refractivity contribution in [3.63, 3.8) is 0 Å². The van der Waals surface area contributed by atoms with Crippen molar-refractivity contribution >= 4 is 8.32 Å². The van der Waals surface area contributed by atoms with Gasteiger partial charge in [0.1, 0.15) is 0 Å². The Bertz CT molecular complexity index is 692. The number of allylic oxidation sites excluding steroid dienone is 3. The van der Waals surface area contributed by atoms with Gasteiger partial charge in [-0.2, -0.15) is 0 Å². The molecule has 0 amide bonds. The second kappa shape index (κ2) is 5.42. The number of hydrogen-bond acceptors (Lipinski definition) is 1. The van der Waals surface area contributed by atoms with Gasteiger partial charge in [-0.3, -0.25) is 0 Å². The molecule has 3 saturated carbocycles. The lowest BCUT2D eigenvalue weighted by Gasteiger charge is -2.47. The van der Waals surface area contributed by atoms with Crippen LogP contribution in [0.1, 0.15) is 68.2 Å². The average molecular weight is 385 g/mol. The predicted molar refractivity (Wildman–Crippen MR) is 116 cm³/mol. The first-order chi connectivity index (χ1) is 12.6. The molecule has 0 radical (unpaired) electrons. The zero-order chi connectivity index (χ0) is 19.5. The Labute approximate surface area is 168 Å².